The number of thiocarbonyl (C=S) groups is 1. The molecule has 2 aromatic rings. The average Bonchev–Trinajstić information content (AvgIpc) is 3.01. The third-order valence-electron chi connectivity index (χ3n) is 3.62. The Morgan fingerprint density at radius 2 is 1.71 bits per heavy atom. The van der Waals surface area contributed by atoms with Gasteiger partial charge in [-0.05, 0) is 23.3 Å². The van der Waals surface area contributed by atoms with Crippen LogP contribution >= 0.6 is 12.2 Å². The molecule has 106 valence electrons. The first-order valence-corrected chi connectivity index (χ1v) is 7.39. The second kappa shape index (κ2) is 6.06. The van der Waals surface area contributed by atoms with Crippen molar-refractivity contribution in [2.75, 3.05) is 7.05 Å². The van der Waals surface area contributed by atoms with Crippen molar-refractivity contribution in [3.63, 3.8) is 0 Å². The van der Waals surface area contributed by atoms with E-state index in [0.29, 0.717) is 5.11 Å². The summed E-state index contributed by atoms with van der Waals surface area (Å²) >= 11 is 5.40. The second-order valence-corrected chi connectivity index (χ2v) is 5.33. The molecule has 0 fully saturated rings. The maximum absolute atomic E-state index is 5.40. The minimum absolute atomic E-state index is 0.154. The molecule has 3 nitrogen and oxygen atoms in total. The molecule has 0 spiro atoms. The van der Waals surface area contributed by atoms with E-state index in [1.54, 1.807) is 0 Å². The van der Waals surface area contributed by atoms with Crippen molar-refractivity contribution in [1.29, 1.82) is 0 Å². The van der Waals surface area contributed by atoms with Crippen LogP contribution < -0.4 is 5.32 Å². The van der Waals surface area contributed by atoms with E-state index in [9.17, 15) is 0 Å². The van der Waals surface area contributed by atoms with Crippen molar-refractivity contribution < 1.29 is 0 Å². The highest BCUT2D eigenvalue weighted by Gasteiger charge is 2.30. The summed E-state index contributed by atoms with van der Waals surface area (Å²) in [6.07, 6.45) is 0.857. The summed E-state index contributed by atoms with van der Waals surface area (Å²) in [6, 6.07) is 20.8. The maximum atomic E-state index is 5.40. The quantitative estimate of drug-likeness (QED) is 0.861. The molecule has 0 aromatic heterocycles. The van der Waals surface area contributed by atoms with E-state index in [0.717, 1.165) is 17.7 Å². The van der Waals surface area contributed by atoms with Gasteiger partial charge in [0.1, 0.15) is 0 Å². The van der Waals surface area contributed by atoms with Crippen LogP contribution in [0.3, 0.4) is 0 Å². The van der Waals surface area contributed by atoms with Crippen molar-refractivity contribution in [2.24, 2.45) is 5.10 Å². The molecule has 0 amide bonds. The molecule has 3 rings (SSSR count). The van der Waals surface area contributed by atoms with Gasteiger partial charge in [0.25, 0.3) is 0 Å². The second-order valence-electron chi connectivity index (χ2n) is 4.94. The zero-order valence-electron chi connectivity index (χ0n) is 11.9. The topological polar surface area (TPSA) is 27.6 Å². The van der Waals surface area contributed by atoms with Crippen LogP contribution in [-0.4, -0.2) is 22.9 Å². The van der Waals surface area contributed by atoms with Crippen molar-refractivity contribution in [3.8, 4) is 0 Å². The highest BCUT2D eigenvalue weighted by molar-refractivity contribution is 7.80. The summed E-state index contributed by atoms with van der Waals surface area (Å²) < 4.78 is 0. The molecular weight excluding hydrogens is 278 g/mol. The predicted octanol–water partition coefficient (Wildman–Crippen LogP) is 3.34. The highest BCUT2D eigenvalue weighted by atomic mass is 32.1. The Bertz CT molecular complexity index is 652. The Labute approximate surface area is 130 Å². The van der Waals surface area contributed by atoms with Crippen LogP contribution in [0, 0.1) is 0 Å². The monoisotopic (exact) mass is 295 g/mol. The van der Waals surface area contributed by atoms with Gasteiger partial charge in [0.05, 0.1) is 11.8 Å². The van der Waals surface area contributed by atoms with Crippen LogP contribution in [0.4, 0.5) is 0 Å². The van der Waals surface area contributed by atoms with Gasteiger partial charge in [0.15, 0.2) is 5.11 Å². The highest BCUT2D eigenvalue weighted by Crippen LogP contribution is 2.32. The van der Waals surface area contributed by atoms with Gasteiger partial charge in [0.2, 0.25) is 0 Å². The van der Waals surface area contributed by atoms with Gasteiger partial charge in [0, 0.05) is 13.5 Å². The first-order valence-electron chi connectivity index (χ1n) is 6.98. The molecule has 1 N–H and O–H groups in total. The minimum Gasteiger partial charge on any atom is -0.364 e. The van der Waals surface area contributed by atoms with Crippen molar-refractivity contribution in [3.05, 3.63) is 71.8 Å². The molecule has 1 aliphatic rings. The SMILES string of the molecule is CNC(=S)N1N=C(c2ccccc2)CC1c1ccccc1. The molecule has 2 aromatic carbocycles. The number of hydrogen-bond acceptors (Lipinski definition) is 2. The number of benzene rings is 2. The minimum atomic E-state index is 0.154. The van der Waals surface area contributed by atoms with E-state index in [1.807, 2.05) is 36.3 Å². The summed E-state index contributed by atoms with van der Waals surface area (Å²) in [5.74, 6) is 0. The molecule has 21 heavy (non-hydrogen) atoms. The van der Waals surface area contributed by atoms with Gasteiger partial charge in [-0.15, -0.1) is 0 Å². The molecule has 0 bridgehead atoms. The third kappa shape index (κ3) is 2.81. The van der Waals surface area contributed by atoms with Crippen LogP contribution in [0.25, 0.3) is 0 Å². The summed E-state index contributed by atoms with van der Waals surface area (Å²) in [6.45, 7) is 0. The molecule has 1 heterocycles. The Hall–Kier alpha value is -2.20. The Balaban J connectivity index is 1.95. The van der Waals surface area contributed by atoms with E-state index >= 15 is 0 Å². The van der Waals surface area contributed by atoms with Gasteiger partial charge in [-0.1, -0.05) is 60.7 Å². The van der Waals surface area contributed by atoms with E-state index in [2.05, 4.69) is 41.7 Å². The van der Waals surface area contributed by atoms with Gasteiger partial charge in [-0.25, -0.2) is 5.01 Å². The summed E-state index contributed by atoms with van der Waals surface area (Å²) in [4.78, 5) is 0. The molecule has 0 saturated heterocycles. The van der Waals surface area contributed by atoms with Gasteiger partial charge < -0.3 is 5.32 Å². The molecular formula is C17H17N3S. The lowest BCUT2D eigenvalue weighted by Crippen LogP contribution is -2.34. The standard InChI is InChI=1S/C17H17N3S/c1-18-17(21)20-16(14-10-6-3-7-11-14)12-15(19-20)13-8-4-2-5-9-13/h2-11,16H,12H2,1H3,(H,18,21). The largest absolute Gasteiger partial charge is 0.364 e. The molecule has 1 atom stereocenters. The van der Waals surface area contributed by atoms with Crippen molar-refractivity contribution in [2.45, 2.75) is 12.5 Å². The van der Waals surface area contributed by atoms with E-state index in [-0.39, 0.29) is 6.04 Å². The first kappa shape index (κ1) is 13.8. The zero-order chi connectivity index (χ0) is 14.7. The summed E-state index contributed by atoms with van der Waals surface area (Å²) in [5.41, 5.74) is 3.45. The number of nitrogens with zero attached hydrogens (tertiary/aromatic N) is 2. The molecule has 0 radical (unpaired) electrons. The van der Waals surface area contributed by atoms with E-state index < -0.39 is 0 Å². The summed E-state index contributed by atoms with van der Waals surface area (Å²) in [5, 5.41) is 10.3. The lowest BCUT2D eigenvalue weighted by molar-refractivity contribution is 0.367. The zero-order valence-corrected chi connectivity index (χ0v) is 12.7. The first-order chi connectivity index (χ1) is 10.3. The van der Waals surface area contributed by atoms with Crippen LogP contribution in [0.2, 0.25) is 0 Å². The Kier molecular flexibility index (Phi) is 3.97. The molecule has 4 heteroatoms. The number of rotatable bonds is 2. The third-order valence-corrected chi connectivity index (χ3v) is 4.01. The van der Waals surface area contributed by atoms with Gasteiger partial charge in [-0.3, -0.25) is 0 Å². The fourth-order valence-electron chi connectivity index (χ4n) is 2.55. The van der Waals surface area contributed by atoms with Gasteiger partial charge in [-0.2, -0.15) is 5.10 Å². The lowest BCUT2D eigenvalue weighted by atomic mass is 9.99. The molecule has 0 aliphatic carbocycles. The Morgan fingerprint density at radius 1 is 1.10 bits per heavy atom. The lowest BCUT2D eigenvalue weighted by Gasteiger charge is -2.23. The summed E-state index contributed by atoms with van der Waals surface area (Å²) in [7, 11) is 1.83. The van der Waals surface area contributed by atoms with Crippen molar-refractivity contribution >= 4 is 23.0 Å². The Morgan fingerprint density at radius 3 is 2.33 bits per heavy atom. The predicted molar refractivity (Wildman–Crippen MR) is 90.3 cm³/mol. The fourth-order valence-corrected chi connectivity index (χ4v) is 2.72. The number of hydrogen-bond donors (Lipinski definition) is 1. The molecule has 0 saturated carbocycles. The van der Waals surface area contributed by atoms with Crippen LogP contribution in [-0.2, 0) is 0 Å². The van der Waals surface area contributed by atoms with Crippen LogP contribution in [0.5, 0.6) is 0 Å². The average molecular weight is 295 g/mol. The molecule has 1 unspecified atom stereocenters. The van der Waals surface area contributed by atoms with Crippen LogP contribution in [0.1, 0.15) is 23.6 Å². The molecule has 1 aliphatic heterocycles. The maximum Gasteiger partial charge on any atom is 0.189 e. The number of nitrogens with one attached hydrogen (secondary N) is 1. The van der Waals surface area contributed by atoms with E-state index in [1.165, 1.54) is 5.56 Å². The van der Waals surface area contributed by atoms with Gasteiger partial charge >= 0.3 is 0 Å². The normalized spacial score (nSPS) is 17.5. The van der Waals surface area contributed by atoms with Crippen molar-refractivity contribution in [1.82, 2.24) is 10.3 Å². The van der Waals surface area contributed by atoms with E-state index in [4.69, 9.17) is 17.3 Å². The number of hydrazone groups is 1. The van der Waals surface area contributed by atoms with Crippen LogP contribution in [0.15, 0.2) is 65.8 Å². The fraction of sp³-hybridized carbons (Fsp3) is 0.176. The smallest absolute Gasteiger partial charge is 0.189 e.